The highest BCUT2D eigenvalue weighted by atomic mass is 79.9. The summed E-state index contributed by atoms with van der Waals surface area (Å²) in [6.45, 7) is 4.49. The fraction of sp³-hybridized carbons (Fsp3) is 0.368. The molecule has 1 fully saturated rings. The predicted octanol–water partition coefficient (Wildman–Crippen LogP) is 2.82. The SMILES string of the molecule is CN1CCN(c2ccc(CNS(=O)(=O)Cc3ccc(Br)cc3)cc2)CC1. The van der Waals surface area contributed by atoms with Crippen LogP contribution in [0.25, 0.3) is 0 Å². The van der Waals surface area contributed by atoms with Crippen molar-refractivity contribution in [1.29, 1.82) is 0 Å². The average Bonchev–Trinajstić information content (AvgIpc) is 2.63. The van der Waals surface area contributed by atoms with Gasteiger partial charge >= 0.3 is 0 Å². The Morgan fingerprint density at radius 3 is 2.12 bits per heavy atom. The standard InChI is InChI=1S/C19H24BrN3O2S/c1-22-10-12-23(13-11-22)19-8-4-16(5-9-19)14-21-26(24,25)15-17-2-6-18(20)7-3-17/h2-9,21H,10-15H2,1H3. The smallest absolute Gasteiger partial charge is 0.216 e. The number of sulfonamides is 1. The Bertz CT molecular complexity index is 815. The van der Waals surface area contributed by atoms with Crippen LogP contribution in [0.3, 0.4) is 0 Å². The van der Waals surface area contributed by atoms with Gasteiger partial charge in [-0.1, -0.05) is 40.2 Å². The van der Waals surface area contributed by atoms with E-state index in [4.69, 9.17) is 0 Å². The molecule has 1 saturated heterocycles. The second-order valence-electron chi connectivity index (χ2n) is 6.66. The maximum absolute atomic E-state index is 12.3. The van der Waals surface area contributed by atoms with E-state index in [2.05, 4.69) is 49.6 Å². The number of halogens is 1. The van der Waals surface area contributed by atoms with Gasteiger partial charge in [0, 0.05) is 42.9 Å². The zero-order chi connectivity index (χ0) is 18.6. The van der Waals surface area contributed by atoms with Crippen molar-refractivity contribution in [1.82, 2.24) is 9.62 Å². The van der Waals surface area contributed by atoms with Gasteiger partial charge in [-0.25, -0.2) is 13.1 Å². The minimum absolute atomic E-state index is 0.0142. The van der Waals surface area contributed by atoms with Crippen molar-refractivity contribution in [3.05, 3.63) is 64.1 Å². The lowest BCUT2D eigenvalue weighted by molar-refractivity contribution is 0.313. The lowest BCUT2D eigenvalue weighted by Gasteiger charge is -2.34. The third-order valence-electron chi connectivity index (χ3n) is 4.57. The van der Waals surface area contributed by atoms with Crippen molar-refractivity contribution in [2.75, 3.05) is 38.1 Å². The molecule has 1 N–H and O–H groups in total. The van der Waals surface area contributed by atoms with Crippen molar-refractivity contribution in [3.63, 3.8) is 0 Å². The van der Waals surface area contributed by atoms with Crippen LogP contribution in [0.15, 0.2) is 53.0 Å². The molecule has 0 aromatic heterocycles. The van der Waals surface area contributed by atoms with E-state index in [1.54, 1.807) is 0 Å². The Balaban J connectivity index is 1.54. The van der Waals surface area contributed by atoms with Gasteiger partial charge in [0.2, 0.25) is 10.0 Å². The number of anilines is 1. The van der Waals surface area contributed by atoms with Crippen LogP contribution in [0.4, 0.5) is 5.69 Å². The summed E-state index contributed by atoms with van der Waals surface area (Å²) in [6, 6.07) is 15.5. The highest BCUT2D eigenvalue weighted by Crippen LogP contribution is 2.17. The molecule has 0 bridgehead atoms. The van der Waals surface area contributed by atoms with Crippen LogP contribution in [0.1, 0.15) is 11.1 Å². The van der Waals surface area contributed by atoms with E-state index in [1.807, 2.05) is 36.4 Å². The van der Waals surface area contributed by atoms with Crippen molar-refractivity contribution < 1.29 is 8.42 Å². The molecule has 7 heteroatoms. The first-order chi connectivity index (χ1) is 12.4. The van der Waals surface area contributed by atoms with Gasteiger partial charge in [-0.15, -0.1) is 0 Å². The van der Waals surface area contributed by atoms with Crippen LogP contribution in [0, 0.1) is 0 Å². The first-order valence-corrected chi connectivity index (χ1v) is 11.1. The minimum atomic E-state index is -3.36. The lowest BCUT2D eigenvalue weighted by Crippen LogP contribution is -2.44. The first kappa shape index (κ1) is 19.4. The Kier molecular flexibility index (Phi) is 6.34. The first-order valence-electron chi connectivity index (χ1n) is 8.65. The van der Waals surface area contributed by atoms with Gasteiger partial charge < -0.3 is 9.80 Å². The fourth-order valence-corrected chi connectivity index (χ4v) is 4.32. The molecule has 0 atom stereocenters. The van der Waals surface area contributed by atoms with Crippen LogP contribution in [0.5, 0.6) is 0 Å². The predicted molar refractivity (Wildman–Crippen MR) is 110 cm³/mol. The van der Waals surface area contributed by atoms with Crippen molar-refractivity contribution in [2.24, 2.45) is 0 Å². The Hall–Kier alpha value is -1.41. The van der Waals surface area contributed by atoms with Gasteiger partial charge in [-0.05, 0) is 42.4 Å². The van der Waals surface area contributed by atoms with Gasteiger partial charge in [-0.2, -0.15) is 0 Å². The highest BCUT2D eigenvalue weighted by molar-refractivity contribution is 9.10. The molecule has 0 radical (unpaired) electrons. The van der Waals surface area contributed by atoms with Crippen molar-refractivity contribution in [2.45, 2.75) is 12.3 Å². The molecule has 2 aromatic rings. The van der Waals surface area contributed by atoms with Crippen LogP contribution in [0.2, 0.25) is 0 Å². The quantitative estimate of drug-likeness (QED) is 0.754. The number of hydrogen-bond acceptors (Lipinski definition) is 4. The molecule has 2 aromatic carbocycles. The molecule has 0 aliphatic carbocycles. The summed E-state index contributed by atoms with van der Waals surface area (Å²) in [6.07, 6.45) is 0. The van der Waals surface area contributed by atoms with Crippen LogP contribution in [-0.4, -0.2) is 46.5 Å². The van der Waals surface area contributed by atoms with Crippen molar-refractivity contribution in [3.8, 4) is 0 Å². The summed E-state index contributed by atoms with van der Waals surface area (Å²) >= 11 is 3.35. The molecular weight excluding hydrogens is 414 g/mol. The number of likely N-dealkylation sites (N-methyl/N-ethyl adjacent to an activating group) is 1. The van der Waals surface area contributed by atoms with E-state index in [0.717, 1.165) is 41.8 Å². The molecule has 0 spiro atoms. The van der Waals surface area contributed by atoms with Crippen LogP contribution < -0.4 is 9.62 Å². The summed E-state index contributed by atoms with van der Waals surface area (Å²) in [5.74, 6) is -0.0142. The summed E-state index contributed by atoms with van der Waals surface area (Å²) in [7, 11) is -1.22. The molecule has 0 unspecified atom stereocenters. The summed E-state index contributed by atoms with van der Waals surface area (Å²) in [5, 5.41) is 0. The molecule has 1 aliphatic heterocycles. The monoisotopic (exact) mass is 437 g/mol. The second-order valence-corrected chi connectivity index (χ2v) is 9.39. The maximum Gasteiger partial charge on any atom is 0.216 e. The van der Waals surface area contributed by atoms with E-state index in [-0.39, 0.29) is 5.75 Å². The molecule has 0 saturated carbocycles. The minimum Gasteiger partial charge on any atom is -0.369 e. The van der Waals surface area contributed by atoms with E-state index in [9.17, 15) is 8.42 Å². The third-order valence-corrected chi connectivity index (χ3v) is 6.40. The number of nitrogens with one attached hydrogen (secondary N) is 1. The van der Waals surface area contributed by atoms with E-state index < -0.39 is 10.0 Å². The van der Waals surface area contributed by atoms with Crippen LogP contribution >= 0.6 is 15.9 Å². The third kappa shape index (κ3) is 5.54. The number of nitrogens with zero attached hydrogens (tertiary/aromatic N) is 2. The number of hydrogen-bond donors (Lipinski definition) is 1. The summed E-state index contributed by atoms with van der Waals surface area (Å²) in [4.78, 5) is 4.69. The van der Waals surface area contributed by atoms with Gasteiger partial charge in [-0.3, -0.25) is 0 Å². The average molecular weight is 438 g/mol. The molecule has 1 aliphatic rings. The van der Waals surface area contributed by atoms with Crippen LogP contribution in [-0.2, 0) is 22.3 Å². The van der Waals surface area contributed by atoms with E-state index in [1.165, 1.54) is 5.69 Å². The molecule has 140 valence electrons. The summed E-state index contributed by atoms with van der Waals surface area (Å²) in [5.41, 5.74) is 2.92. The highest BCUT2D eigenvalue weighted by Gasteiger charge is 2.15. The Morgan fingerprint density at radius 2 is 1.50 bits per heavy atom. The number of benzene rings is 2. The van der Waals surface area contributed by atoms with E-state index in [0.29, 0.717) is 6.54 Å². The van der Waals surface area contributed by atoms with Gasteiger partial charge in [0.1, 0.15) is 0 Å². The maximum atomic E-state index is 12.3. The molecule has 5 nitrogen and oxygen atoms in total. The van der Waals surface area contributed by atoms with Gasteiger partial charge in [0.05, 0.1) is 5.75 Å². The topological polar surface area (TPSA) is 52.6 Å². The van der Waals surface area contributed by atoms with Gasteiger partial charge in [0.25, 0.3) is 0 Å². The molecular formula is C19H24BrN3O2S. The zero-order valence-electron chi connectivity index (χ0n) is 14.9. The molecule has 3 rings (SSSR count). The fourth-order valence-electron chi connectivity index (χ4n) is 2.93. The number of rotatable bonds is 6. The van der Waals surface area contributed by atoms with Gasteiger partial charge in [0.15, 0.2) is 0 Å². The number of piperazine rings is 1. The molecule has 26 heavy (non-hydrogen) atoms. The largest absolute Gasteiger partial charge is 0.369 e. The van der Waals surface area contributed by atoms with Crippen molar-refractivity contribution >= 4 is 31.6 Å². The molecule has 1 heterocycles. The zero-order valence-corrected chi connectivity index (χ0v) is 17.3. The second kappa shape index (κ2) is 8.52. The lowest BCUT2D eigenvalue weighted by atomic mass is 10.2. The van der Waals surface area contributed by atoms with E-state index >= 15 is 0 Å². The summed E-state index contributed by atoms with van der Waals surface area (Å²) < 4.78 is 28.2. The Morgan fingerprint density at radius 1 is 0.923 bits per heavy atom. The Labute approximate surface area is 164 Å². The normalized spacial score (nSPS) is 16.0. The molecule has 0 amide bonds.